The Morgan fingerprint density at radius 2 is 0.878 bits per heavy atom. The van der Waals surface area contributed by atoms with E-state index in [2.05, 4.69) is 147 Å². The predicted molar refractivity (Wildman–Crippen MR) is 198 cm³/mol. The van der Waals surface area contributed by atoms with E-state index in [4.69, 9.17) is 0 Å². The number of hydrogen-bond acceptors (Lipinski definition) is 5. The molecule has 0 aromatic heterocycles. The summed E-state index contributed by atoms with van der Waals surface area (Å²) in [6, 6.07) is 46.1. The van der Waals surface area contributed by atoms with Crippen LogP contribution in [0, 0.1) is 0 Å². The van der Waals surface area contributed by atoms with E-state index < -0.39 is 10.2 Å². The Kier molecular flexibility index (Phi) is 5.73. The first-order valence-electron chi connectivity index (χ1n) is 16.3. The third-order valence-corrected chi connectivity index (χ3v) is 11.0. The molecular formula is C41H29N5O2S. The van der Waals surface area contributed by atoms with Crippen LogP contribution < -0.4 is 25.4 Å². The molecule has 0 atom stereocenters. The van der Waals surface area contributed by atoms with Crippen molar-refractivity contribution >= 4 is 77.3 Å². The molecule has 0 amide bonds. The van der Waals surface area contributed by atoms with Gasteiger partial charge in [-0.1, -0.05) is 79.7 Å². The molecule has 0 radical (unpaired) electrons. The molecule has 49 heavy (non-hydrogen) atoms. The molecule has 0 spiro atoms. The van der Waals surface area contributed by atoms with Crippen LogP contribution in [-0.2, 0) is 10.2 Å². The molecule has 8 heteroatoms. The van der Waals surface area contributed by atoms with Crippen LogP contribution in [0.1, 0.15) is 24.0 Å². The van der Waals surface area contributed by atoms with Gasteiger partial charge < -0.3 is 14.7 Å². The highest BCUT2D eigenvalue weighted by Gasteiger charge is 2.30. The van der Waals surface area contributed by atoms with E-state index in [0.29, 0.717) is 10.7 Å². The predicted octanol–water partition coefficient (Wildman–Crippen LogP) is 8.98. The number of rotatable bonds is 2. The van der Waals surface area contributed by atoms with Gasteiger partial charge in [-0.3, -0.25) is 0 Å². The van der Waals surface area contributed by atoms with Crippen molar-refractivity contribution in [3.8, 4) is 0 Å². The van der Waals surface area contributed by atoms with Crippen molar-refractivity contribution in [3.63, 3.8) is 0 Å². The molecule has 0 fully saturated rings. The van der Waals surface area contributed by atoms with Crippen LogP contribution in [-0.4, -0.2) is 15.5 Å². The molecule has 0 bridgehead atoms. The minimum Gasteiger partial charge on any atom is -0.341 e. The Balaban J connectivity index is 1.22. The van der Waals surface area contributed by atoms with Crippen LogP contribution in [0.2, 0.25) is 0 Å². The number of anilines is 8. The fraction of sp³-hybridized carbons (Fsp3) is 0.0732. The average Bonchev–Trinajstić information content (AvgIpc) is 3.47. The van der Waals surface area contributed by atoms with Crippen molar-refractivity contribution in [1.29, 1.82) is 0 Å². The number of nitrogens with zero attached hydrogens (tertiary/aromatic N) is 5. The summed E-state index contributed by atoms with van der Waals surface area (Å²) in [5.41, 5.74) is 10.8. The molecule has 0 saturated heterocycles. The smallest absolute Gasteiger partial charge is 0.341 e. The van der Waals surface area contributed by atoms with Gasteiger partial charge in [0.15, 0.2) is 0 Å². The molecule has 0 aliphatic carbocycles. The van der Waals surface area contributed by atoms with E-state index in [1.54, 1.807) is 0 Å². The summed E-state index contributed by atoms with van der Waals surface area (Å²) in [7, 11) is -1.98. The molecule has 7 aromatic carbocycles. The maximum atomic E-state index is 13.1. The highest BCUT2D eigenvalue weighted by atomic mass is 32.2. The Bertz CT molecular complexity index is 2530. The van der Waals surface area contributed by atoms with Crippen molar-refractivity contribution in [2.75, 3.05) is 21.7 Å². The quantitative estimate of drug-likeness (QED) is 0.174. The third kappa shape index (κ3) is 3.98. The number of para-hydroxylation sites is 6. The number of hydrogen-bond donors (Lipinski definition) is 0. The van der Waals surface area contributed by atoms with Crippen LogP contribution in [0.15, 0.2) is 142 Å². The zero-order chi connectivity index (χ0) is 33.0. The molecule has 3 aliphatic heterocycles. The van der Waals surface area contributed by atoms with Gasteiger partial charge in [0.2, 0.25) is 0 Å². The molecule has 7 nitrogen and oxygen atoms in total. The molecular weight excluding hydrogens is 627 g/mol. The summed E-state index contributed by atoms with van der Waals surface area (Å²) >= 11 is 0. The normalized spacial score (nSPS) is 15.6. The minimum atomic E-state index is -4.06. The fourth-order valence-electron chi connectivity index (χ4n) is 8.00. The first-order chi connectivity index (χ1) is 23.9. The lowest BCUT2D eigenvalue weighted by Gasteiger charge is -2.38. The van der Waals surface area contributed by atoms with Gasteiger partial charge in [-0.05, 0) is 82.6 Å². The van der Waals surface area contributed by atoms with E-state index in [1.165, 1.54) is 11.1 Å². The molecule has 0 unspecified atom stereocenters. The molecule has 10 rings (SSSR count). The van der Waals surface area contributed by atoms with Crippen molar-refractivity contribution < 1.29 is 8.42 Å². The molecule has 0 saturated carbocycles. The number of fused-ring (bicyclic) bond motifs is 10. The monoisotopic (exact) mass is 655 g/mol. The molecule has 3 aliphatic rings. The maximum Gasteiger partial charge on any atom is 0.364 e. The second kappa shape index (κ2) is 10.0. The number of benzene rings is 7. The average molecular weight is 656 g/mol. The highest BCUT2D eigenvalue weighted by Crippen LogP contribution is 2.51. The van der Waals surface area contributed by atoms with Crippen molar-refractivity contribution in [2.24, 2.45) is 8.80 Å². The Morgan fingerprint density at radius 3 is 1.35 bits per heavy atom. The van der Waals surface area contributed by atoms with Crippen LogP contribution in [0.4, 0.5) is 45.5 Å². The standard InChI is InChI=1S/C41H29N5O2S/c1-25-28-11-3-5-13-34(28)45(35-14-6-4-12-29(25)35)26-19-21-30-31-22-20-27(24-33(31)41-40(32(30)23-26)42-49(47,48)43-41)46-38-17-9-7-15-36(38)44(2)37-16-8-10-18-39(37)46/h3-25H,1-2H3. The zero-order valence-corrected chi connectivity index (χ0v) is 27.6. The van der Waals surface area contributed by atoms with Gasteiger partial charge in [0.1, 0.15) is 10.7 Å². The summed E-state index contributed by atoms with van der Waals surface area (Å²) in [5.74, 6) is 0.240. The minimum absolute atomic E-state index is 0.240. The van der Waals surface area contributed by atoms with E-state index in [1.807, 2.05) is 24.3 Å². The lowest BCUT2D eigenvalue weighted by molar-refractivity contribution is 0.599. The molecule has 0 N–H and O–H groups in total. The molecule has 236 valence electrons. The summed E-state index contributed by atoms with van der Waals surface area (Å²) in [6.45, 7) is 2.24. The van der Waals surface area contributed by atoms with Gasteiger partial charge >= 0.3 is 10.2 Å². The first-order valence-corrected chi connectivity index (χ1v) is 17.7. The van der Waals surface area contributed by atoms with Crippen LogP contribution in [0.25, 0.3) is 21.5 Å². The zero-order valence-electron chi connectivity index (χ0n) is 26.7. The van der Waals surface area contributed by atoms with E-state index >= 15 is 0 Å². The Hall–Kier alpha value is -5.99. The summed E-state index contributed by atoms with van der Waals surface area (Å²) in [6.07, 6.45) is 0. The largest absolute Gasteiger partial charge is 0.364 e. The van der Waals surface area contributed by atoms with Gasteiger partial charge in [-0.2, -0.15) is 8.42 Å². The Labute approximate surface area is 283 Å². The third-order valence-electron chi connectivity index (χ3n) is 10.2. The van der Waals surface area contributed by atoms with E-state index in [9.17, 15) is 8.42 Å². The van der Waals surface area contributed by atoms with E-state index in [-0.39, 0.29) is 5.92 Å². The topological polar surface area (TPSA) is 68.6 Å². The van der Waals surface area contributed by atoms with Gasteiger partial charge in [-0.25, -0.2) is 0 Å². The fourth-order valence-corrected chi connectivity index (χ4v) is 8.87. The lowest BCUT2D eigenvalue weighted by Crippen LogP contribution is -2.26. The lowest BCUT2D eigenvalue weighted by atomic mass is 9.86. The highest BCUT2D eigenvalue weighted by molar-refractivity contribution is 7.88. The summed E-state index contributed by atoms with van der Waals surface area (Å²) in [5, 5.41) is 4.10. The van der Waals surface area contributed by atoms with Gasteiger partial charge in [0.05, 0.1) is 22.7 Å². The maximum absolute atomic E-state index is 13.1. The van der Waals surface area contributed by atoms with Crippen LogP contribution in [0.5, 0.6) is 0 Å². The SMILES string of the molecule is CC1c2ccccc2N(c2ccc3c(c2)c2c(c4cc(N5c6ccccc6N(C)c6ccccc65)ccc43)=NS(=O)(=O)N=2)c2ccccc21. The van der Waals surface area contributed by atoms with E-state index in [0.717, 1.165) is 67.0 Å². The van der Waals surface area contributed by atoms with Gasteiger partial charge in [0, 0.05) is 46.5 Å². The van der Waals surface area contributed by atoms with Crippen LogP contribution >= 0.6 is 0 Å². The van der Waals surface area contributed by atoms with Crippen molar-refractivity contribution in [3.05, 3.63) is 155 Å². The van der Waals surface area contributed by atoms with Crippen molar-refractivity contribution in [2.45, 2.75) is 12.8 Å². The van der Waals surface area contributed by atoms with Crippen LogP contribution in [0.3, 0.4) is 0 Å². The van der Waals surface area contributed by atoms with Gasteiger partial charge in [0.25, 0.3) is 0 Å². The summed E-state index contributed by atoms with van der Waals surface area (Å²) in [4.78, 5) is 6.70. The first kappa shape index (κ1) is 28.1. The second-order valence-electron chi connectivity index (χ2n) is 12.8. The Morgan fingerprint density at radius 1 is 0.490 bits per heavy atom. The van der Waals surface area contributed by atoms with Gasteiger partial charge in [-0.15, -0.1) is 8.80 Å². The molecule has 7 aromatic rings. The summed E-state index contributed by atoms with van der Waals surface area (Å²) < 4.78 is 34.7. The van der Waals surface area contributed by atoms with Crippen molar-refractivity contribution in [1.82, 2.24) is 0 Å². The second-order valence-corrected chi connectivity index (χ2v) is 14.1. The molecule has 3 heterocycles.